The van der Waals surface area contributed by atoms with Crippen molar-refractivity contribution < 1.29 is 4.74 Å². The van der Waals surface area contributed by atoms with E-state index in [0.717, 1.165) is 17.9 Å². The van der Waals surface area contributed by atoms with E-state index in [1.54, 1.807) is 31.6 Å². The Morgan fingerprint density at radius 2 is 1.94 bits per heavy atom. The van der Waals surface area contributed by atoms with Crippen LogP contribution in [0.1, 0.15) is 5.56 Å². The largest absolute Gasteiger partial charge is 0.497 e. The number of methoxy groups -OCH3 is 1. The monoisotopic (exact) mass is 215 g/mol. The van der Waals surface area contributed by atoms with Crippen molar-refractivity contribution in [2.75, 3.05) is 7.11 Å². The van der Waals surface area contributed by atoms with Gasteiger partial charge in [0.1, 0.15) is 5.75 Å². The van der Waals surface area contributed by atoms with Gasteiger partial charge in [0.25, 0.3) is 0 Å². The highest BCUT2D eigenvalue weighted by Gasteiger charge is 1.96. The molecule has 0 fully saturated rings. The van der Waals surface area contributed by atoms with Crippen LogP contribution >= 0.6 is 0 Å². The zero-order chi connectivity index (χ0) is 11.4. The predicted octanol–water partition coefficient (Wildman–Crippen LogP) is 1.91. The Kier molecular flexibility index (Phi) is 3.05. The van der Waals surface area contributed by atoms with E-state index in [9.17, 15) is 4.79 Å². The van der Waals surface area contributed by atoms with Crippen LogP contribution in [0.5, 0.6) is 5.75 Å². The van der Waals surface area contributed by atoms with Crippen molar-refractivity contribution in [2.45, 2.75) is 6.54 Å². The first-order valence-electron chi connectivity index (χ1n) is 5.07. The summed E-state index contributed by atoms with van der Waals surface area (Å²) in [5, 5.41) is 0. The van der Waals surface area contributed by atoms with E-state index in [-0.39, 0.29) is 5.43 Å². The molecule has 0 aliphatic carbocycles. The van der Waals surface area contributed by atoms with Crippen LogP contribution in [-0.4, -0.2) is 11.7 Å². The van der Waals surface area contributed by atoms with Crippen molar-refractivity contribution in [1.29, 1.82) is 0 Å². The summed E-state index contributed by atoms with van der Waals surface area (Å²) >= 11 is 0. The maximum Gasteiger partial charge on any atom is 0.181 e. The molecule has 1 heterocycles. The van der Waals surface area contributed by atoms with Crippen LogP contribution in [0.4, 0.5) is 0 Å². The number of ether oxygens (including phenoxy) is 1. The summed E-state index contributed by atoms with van der Waals surface area (Å²) in [5.41, 5.74) is 1.17. The smallest absolute Gasteiger partial charge is 0.181 e. The molecule has 0 radical (unpaired) electrons. The van der Waals surface area contributed by atoms with Crippen LogP contribution in [0.15, 0.2) is 53.6 Å². The first-order chi connectivity index (χ1) is 7.78. The Bertz CT molecular complexity index is 511. The Hall–Kier alpha value is -2.03. The lowest BCUT2D eigenvalue weighted by molar-refractivity contribution is 0.414. The topological polar surface area (TPSA) is 31.2 Å². The van der Waals surface area contributed by atoms with E-state index >= 15 is 0 Å². The molecule has 0 aliphatic heterocycles. The summed E-state index contributed by atoms with van der Waals surface area (Å²) < 4.78 is 7.11. The highest BCUT2D eigenvalue weighted by atomic mass is 16.5. The molecule has 3 heteroatoms. The highest BCUT2D eigenvalue weighted by Crippen LogP contribution is 2.13. The van der Waals surface area contributed by atoms with Crippen LogP contribution in [0.25, 0.3) is 0 Å². The summed E-state index contributed by atoms with van der Waals surface area (Å²) in [7, 11) is 1.65. The lowest BCUT2D eigenvalue weighted by Crippen LogP contribution is -2.04. The van der Waals surface area contributed by atoms with Crippen molar-refractivity contribution in [1.82, 2.24) is 4.57 Å². The van der Waals surface area contributed by atoms with Crippen molar-refractivity contribution in [3.05, 3.63) is 64.6 Å². The maximum atomic E-state index is 10.9. The predicted molar refractivity (Wildman–Crippen MR) is 62.8 cm³/mol. The SMILES string of the molecule is COc1cccc(Cn2ccc(=O)cc2)c1. The van der Waals surface area contributed by atoms with E-state index in [1.807, 2.05) is 28.8 Å². The van der Waals surface area contributed by atoms with Crippen molar-refractivity contribution in [2.24, 2.45) is 0 Å². The maximum absolute atomic E-state index is 10.9. The summed E-state index contributed by atoms with van der Waals surface area (Å²) in [4.78, 5) is 10.9. The van der Waals surface area contributed by atoms with Gasteiger partial charge < -0.3 is 9.30 Å². The van der Waals surface area contributed by atoms with Gasteiger partial charge in [-0.15, -0.1) is 0 Å². The fourth-order valence-electron chi connectivity index (χ4n) is 1.53. The molecule has 3 nitrogen and oxygen atoms in total. The number of benzene rings is 1. The minimum absolute atomic E-state index is 0.0295. The molecule has 82 valence electrons. The number of rotatable bonds is 3. The van der Waals surface area contributed by atoms with Crippen molar-refractivity contribution in [3.63, 3.8) is 0 Å². The first-order valence-corrected chi connectivity index (χ1v) is 5.07. The van der Waals surface area contributed by atoms with E-state index in [2.05, 4.69) is 0 Å². The second kappa shape index (κ2) is 4.66. The third-order valence-electron chi connectivity index (χ3n) is 2.36. The molecular formula is C13H13NO2. The van der Waals surface area contributed by atoms with E-state index < -0.39 is 0 Å². The summed E-state index contributed by atoms with van der Waals surface area (Å²) in [5.74, 6) is 0.846. The van der Waals surface area contributed by atoms with Gasteiger partial charge in [0.2, 0.25) is 0 Å². The van der Waals surface area contributed by atoms with Crippen molar-refractivity contribution >= 4 is 0 Å². The Morgan fingerprint density at radius 3 is 2.62 bits per heavy atom. The normalized spacial score (nSPS) is 10.1. The molecule has 0 atom stereocenters. The van der Waals surface area contributed by atoms with Gasteiger partial charge in [0, 0.05) is 31.1 Å². The van der Waals surface area contributed by atoms with Gasteiger partial charge in [-0.2, -0.15) is 0 Å². The molecule has 0 amide bonds. The standard InChI is InChI=1S/C13H13NO2/c1-16-13-4-2-3-11(9-13)10-14-7-5-12(15)6-8-14/h2-9H,10H2,1H3. The Balaban J connectivity index is 2.20. The number of hydrogen-bond donors (Lipinski definition) is 0. The van der Waals surface area contributed by atoms with Crippen LogP contribution in [0, 0.1) is 0 Å². The zero-order valence-corrected chi connectivity index (χ0v) is 9.09. The van der Waals surface area contributed by atoms with E-state index in [0.29, 0.717) is 0 Å². The van der Waals surface area contributed by atoms with Gasteiger partial charge in [-0.25, -0.2) is 0 Å². The van der Waals surface area contributed by atoms with Crippen LogP contribution in [0.2, 0.25) is 0 Å². The molecule has 0 spiro atoms. The van der Waals surface area contributed by atoms with Crippen LogP contribution in [0.3, 0.4) is 0 Å². The van der Waals surface area contributed by atoms with Crippen molar-refractivity contribution in [3.8, 4) is 5.75 Å². The van der Waals surface area contributed by atoms with E-state index in [4.69, 9.17) is 4.74 Å². The molecule has 16 heavy (non-hydrogen) atoms. The van der Waals surface area contributed by atoms with Gasteiger partial charge in [-0.1, -0.05) is 12.1 Å². The number of aromatic nitrogens is 1. The van der Waals surface area contributed by atoms with Gasteiger partial charge in [0.15, 0.2) is 5.43 Å². The lowest BCUT2D eigenvalue weighted by atomic mass is 10.2. The number of pyridine rings is 1. The molecule has 0 unspecified atom stereocenters. The first kappa shape index (κ1) is 10.5. The molecule has 2 aromatic rings. The van der Waals surface area contributed by atoms with Gasteiger partial charge >= 0.3 is 0 Å². The summed E-state index contributed by atoms with van der Waals surface area (Å²) in [6.07, 6.45) is 3.56. The highest BCUT2D eigenvalue weighted by molar-refractivity contribution is 5.28. The number of hydrogen-bond acceptors (Lipinski definition) is 2. The minimum Gasteiger partial charge on any atom is -0.497 e. The lowest BCUT2D eigenvalue weighted by Gasteiger charge is -2.07. The summed E-state index contributed by atoms with van der Waals surface area (Å²) in [6.45, 7) is 0.734. The molecule has 1 aromatic carbocycles. The molecule has 0 N–H and O–H groups in total. The number of nitrogens with zero attached hydrogens (tertiary/aromatic N) is 1. The van der Waals surface area contributed by atoms with Gasteiger partial charge in [-0.3, -0.25) is 4.79 Å². The molecule has 0 saturated heterocycles. The second-order valence-electron chi connectivity index (χ2n) is 3.56. The fourth-order valence-corrected chi connectivity index (χ4v) is 1.53. The van der Waals surface area contributed by atoms with E-state index in [1.165, 1.54) is 0 Å². The average Bonchev–Trinajstić information content (AvgIpc) is 2.32. The minimum atomic E-state index is 0.0295. The molecule has 2 rings (SSSR count). The zero-order valence-electron chi connectivity index (χ0n) is 9.09. The van der Waals surface area contributed by atoms with Gasteiger partial charge in [0.05, 0.1) is 7.11 Å². The summed E-state index contributed by atoms with van der Waals surface area (Å²) in [6, 6.07) is 11.0. The molecule has 1 aromatic heterocycles. The average molecular weight is 215 g/mol. The van der Waals surface area contributed by atoms with Crippen LogP contribution in [-0.2, 0) is 6.54 Å². The molecule has 0 bridgehead atoms. The Morgan fingerprint density at radius 1 is 1.19 bits per heavy atom. The Labute approximate surface area is 93.9 Å². The third kappa shape index (κ3) is 2.51. The third-order valence-corrected chi connectivity index (χ3v) is 2.36. The van der Waals surface area contributed by atoms with Crippen LogP contribution < -0.4 is 10.2 Å². The van der Waals surface area contributed by atoms with Gasteiger partial charge in [-0.05, 0) is 17.7 Å². The fraction of sp³-hybridized carbons (Fsp3) is 0.154. The molecular weight excluding hydrogens is 202 g/mol. The second-order valence-corrected chi connectivity index (χ2v) is 3.56. The molecule has 0 aliphatic rings. The quantitative estimate of drug-likeness (QED) is 0.783. The molecule has 0 saturated carbocycles.